The van der Waals surface area contributed by atoms with E-state index in [-0.39, 0.29) is 19.4 Å². The van der Waals surface area contributed by atoms with Gasteiger partial charge in [0.2, 0.25) is 0 Å². The van der Waals surface area contributed by atoms with Crippen LogP contribution in [0, 0.1) is 0 Å². The van der Waals surface area contributed by atoms with Gasteiger partial charge in [0.15, 0.2) is 12.4 Å². The molecule has 0 aromatic heterocycles. The minimum Gasteiger partial charge on any atom is -0.462 e. The summed E-state index contributed by atoms with van der Waals surface area (Å²) in [4.78, 5) is 25.6. The molecule has 0 bridgehead atoms. The molecule has 0 saturated carbocycles. The fourth-order valence-electron chi connectivity index (χ4n) is 9.62. The van der Waals surface area contributed by atoms with Crippen LogP contribution in [0.5, 0.6) is 0 Å². The van der Waals surface area contributed by atoms with Gasteiger partial charge in [-0.2, -0.15) is 8.42 Å². The molecule has 6 atom stereocenters. The van der Waals surface area contributed by atoms with Crippen LogP contribution < -0.4 is 0 Å². The summed E-state index contributed by atoms with van der Waals surface area (Å²) in [6.45, 7) is 3.84. The molecule has 0 spiro atoms. The number of esters is 2. The minimum absolute atomic E-state index is 0.174. The molecule has 4 N–H and O–H groups in total. The highest BCUT2D eigenvalue weighted by Gasteiger charge is 2.46. The fourth-order valence-corrected chi connectivity index (χ4v) is 10.3. The van der Waals surface area contributed by atoms with E-state index in [2.05, 4.69) is 13.8 Å². The Morgan fingerprint density at radius 2 is 0.729 bits per heavy atom. The van der Waals surface area contributed by atoms with Gasteiger partial charge < -0.3 is 34.3 Å². The van der Waals surface area contributed by atoms with Gasteiger partial charge in [-0.05, 0) is 12.8 Å². The van der Waals surface area contributed by atoms with E-state index in [0.717, 1.165) is 38.5 Å². The van der Waals surface area contributed by atoms with Crippen molar-refractivity contribution in [1.82, 2.24) is 0 Å². The second kappa shape index (κ2) is 47.4. The number of rotatable bonds is 52. The lowest BCUT2D eigenvalue weighted by Crippen LogP contribution is -2.60. The normalized spacial score (nSPS) is 18.9. The van der Waals surface area contributed by atoms with Crippen LogP contribution in [0.2, 0.25) is 0 Å². The molecule has 1 fully saturated rings. The summed E-state index contributed by atoms with van der Waals surface area (Å²) in [6, 6.07) is 0. The first kappa shape index (κ1) is 66.7. The van der Waals surface area contributed by atoms with Gasteiger partial charge in [-0.3, -0.25) is 14.1 Å². The molecule has 416 valence electrons. The standard InChI is InChI=1S/C57H110O12S/c1-3-5-7-9-11-13-15-17-19-21-23-24-25-26-27-28-30-32-34-36-38-40-42-44-46-53(59)68-50(48-67-57-56(62)55(61)54(60)51(69-57)49-70(63,64)65)47-66-52(58)45-43-41-39-37-35-33-31-29-22-20-18-16-14-12-10-8-6-4-2/h50-51,54-57,60-62H,3-49H2,1-2H3,(H,63,64,65). The molecule has 70 heavy (non-hydrogen) atoms. The Labute approximate surface area is 429 Å². The number of ether oxygens (including phenoxy) is 4. The summed E-state index contributed by atoms with van der Waals surface area (Å²) in [6.07, 6.45) is 44.4. The van der Waals surface area contributed by atoms with Crippen molar-refractivity contribution in [2.24, 2.45) is 0 Å². The zero-order valence-corrected chi connectivity index (χ0v) is 46.0. The number of aliphatic hydroxyl groups is 3. The molecule has 0 aromatic rings. The molecule has 6 unspecified atom stereocenters. The van der Waals surface area contributed by atoms with Crippen LogP contribution in [0.4, 0.5) is 0 Å². The van der Waals surface area contributed by atoms with Crippen LogP contribution in [0.15, 0.2) is 0 Å². The molecule has 0 aromatic carbocycles. The Kier molecular flexibility index (Phi) is 45.1. The van der Waals surface area contributed by atoms with Gasteiger partial charge in [0.25, 0.3) is 10.1 Å². The topological polar surface area (TPSA) is 186 Å². The van der Waals surface area contributed by atoms with E-state index in [4.69, 9.17) is 18.9 Å². The highest BCUT2D eigenvalue weighted by atomic mass is 32.2. The Balaban J connectivity index is 2.27. The lowest BCUT2D eigenvalue weighted by Gasteiger charge is -2.40. The van der Waals surface area contributed by atoms with E-state index in [9.17, 15) is 37.9 Å². The average molecular weight is 1020 g/mol. The van der Waals surface area contributed by atoms with E-state index >= 15 is 0 Å². The highest BCUT2D eigenvalue weighted by molar-refractivity contribution is 7.85. The molecular weight excluding hydrogens is 909 g/mol. The second-order valence-corrected chi connectivity index (χ2v) is 22.5. The molecule has 13 heteroatoms. The van der Waals surface area contributed by atoms with Crippen molar-refractivity contribution in [1.29, 1.82) is 0 Å². The molecule has 1 aliphatic heterocycles. The van der Waals surface area contributed by atoms with E-state index in [1.165, 1.54) is 218 Å². The quantitative estimate of drug-likeness (QED) is 0.0257. The number of carbonyl (C=O) groups is 2. The van der Waals surface area contributed by atoms with Gasteiger partial charge in [0.1, 0.15) is 36.8 Å². The van der Waals surface area contributed by atoms with Crippen LogP contribution in [0.1, 0.15) is 296 Å². The van der Waals surface area contributed by atoms with Crippen LogP contribution >= 0.6 is 0 Å². The van der Waals surface area contributed by atoms with Crippen molar-refractivity contribution in [2.45, 2.75) is 333 Å². The first-order chi connectivity index (χ1) is 34.0. The van der Waals surface area contributed by atoms with Crippen molar-refractivity contribution < 1.29 is 56.8 Å². The summed E-state index contributed by atoms with van der Waals surface area (Å²) >= 11 is 0. The predicted octanol–water partition coefficient (Wildman–Crippen LogP) is 14.4. The van der Waals surface area contributed by atoms with Gasteiger partial charge in [-0.15, -0.1) is 0 Å². The summed E-state index contributed by atoms with van der Waals surface area (Å²) in [5, 5.41) is 31.1. The number of unbranched alkanes of at least 4 members (excludes halogenated alkanes) is 40. The highest BCUT2D eigenvalue weighted by Crippen LogP contribution is 2.24. The third kappa shape index (κ3) is 41.1. The minimum atomic E-state index is -4.60. The van der Waals surface area contributed by atoms with Crippen molar-refractivity contribution in [3.05, 3.63) is 0 Å². The predicted molar refractivity (Wildman–Crippen MR) is 284 cm³/mol. The van der Waals surface area contributed by atoms with Crippen LogP contribution in [-0.4, -0.2) is 96.0 Å². The lowest BCUT2D eigenvalue weighted by molar-refractivity contribution is -0.297. The lowest BCUT2D eigenvalue weighted by atomic mass is 10.00. The largest absolute Gasteiger partial charge is 0.462 e. The third-order valence-electron chi connectivity index (χ3n) is 14.2. The van der Waals surface area contributed by atoms with Crippen molar-refractivity contribution >= 4 is 22.1 Å². The van der Waals surface area contributed by atoms with E-state index < -0.39 is 71.2 Å². The molecule has 0 aliphatic carbocycles. The smallest absolute Gasteiger partial charge is 0.306 e. The Hall–Kier alpha value is -1.35. The maximum absolute atomic E-state index is 12.9. The van der Waals surface area contributed by atoms with Gasteiger partial charge >= 0.3 is 11.9 Å². The fraction of sp³-hybridized carbons (Fsp3) is 0.965. The Bertz CT molecular complexity index is 1280. The monoisotopic (exact) mass is 1020 g/mol. The second-order valence-electron chi connectivity index (χ2n) is 21.0. The maximum atomic E-state index is 12.9. The van der Waals surface area contributed by atoms with Gasteiger partial charge in [-0.25, -0.2) is 0 Å². The zero-order valence-electron chi connectivity index (χ0n) is 45.2. The molecule has 1 heterocycles. The molecule has 0 radical (unpaired) electrons. The van der Waals surface area contributed by atoms with E-state index in [1.54, 1.807) is 0 Å². The van der Waals surface area contributed by atoms with Crippen molar-refractivity contribution in [3.8, 4) is 0 Å². The van der Waals surface area contributed by atoms with Crippen molar-refractivity contribution in [2.75, 3.05) is 19.0 Å². The van der Waals surface area contributed by atoms with Crippen LogP contribution in [0.25, 0.3) is 0 Å². The van der Waals surface area contributed by atoms with Crippen LogP contribution in [0.3, 0.4) is 0 Å². The average Bonchev–Trinajstić information content (AvgIpc) is 3.33. The zero-order chi connectivity index (χ0) is 51.2. The van der Waals surface area contributed by atoms with E-state index in [1.807, 2.05) is 0 Å². The number of carbonyl (C=O) groups excluding carboxylic acids is 2. The molecule has 0 amide bonds. The van der Waals surface area contributed by atoms with Gasteiger partial charge in [-0.1, -0.05) is 271 Å². The van der Waals surface area contributed by atoms with E-state index in [0.29, 0.717) is 12.8 Å². The third-order valence-corrected chi connectivity index (χ3v) is 14.9. The molecule has 1 rings (SSSR count). The summed E-state index contributed by atoms with van der Waals surface area (Å²) in [5.74, 6) is -1.95. The number of hydrogen-bond acceptors (Lipinski definition) is 11. The summed E-state index contributed by atoms with van der Waals surface area (Å²) in [7, 11) is -4.60. The molecular formula is C57H110O12S. The number of hydrogen-bond donors (Lipinski definition) is 4. The van der Waals surface area contributed by atoms with Gasteiger partial charge in [0, 0.05) is 12.8 Å². The molecule has 1 saturated heterocycles. The number of aliphatic hydroxyl groups excluding tert-OH is 3. The Morgan fingerprint density at radius 3 is 1.04 bits per heavy atom. The SMILES string of the molecule is CCCCCCCCCCCCCCCCCCCCCCCCCCC(=O)OC(COC(=O)CCCCCCCCCCCCCCCCCCCC)COC1OC(CS(=O)(=O)O)C(O)C(O)C1O. The first-order valence-electron chi connectivity index (χ1n) is 29.6. The maximum Gasteiger partial charge on any atom is 0.306 e. The van der Waals surface area contributed by atoms with Gasteiger partial charge in [0.05, 0.1) is 6.61 Å². The molecule has 1 aliphatic rings. The molecule has 12 nitrogen and oxygen atoms in total. The van der Waals surface area contributed by atoms with Crippen molar-refractivity contribution in [3.63, 3.8) is 0 Å². The first-order valence-corrected chi connectivity index (χ1v) is 31.2. The van der Waals surface area contributed by atoms with Crippen LogP contribution in [-0.2, 0) is 38.7 Å². The Morgan fingerprint density at radius 1 is 0.429 bits per heavy atom. The summed E-state index contributed by atoms with van der Waals surface area (Å²) in [5.41, 5.74) is 0. The summed E-state index contributed by atoms with van der Waals surface area (Å²) < 4.78 is 54.4.